The first-order chi connectivity index (χ1) is 17.3. The Labute approximate surface area is 220 Å². The molecule has 12 unspecified atom stereocenters. The van der Waals surface area contributed by atoms with Crippen molar-refractivity contribution in [1.82, 2.24) is 10.6 Å². The van der Waals surface area contributed by atoms with E-state index in [2.05, 4.69) is 38.5 Å². The minimum absolute atomic E-state index is 0.000538. The van der Waals surface area contributed by atoms with Gasteiger partial charge < -0.3 is 37.7 Å². The minimum Gasteiger partial charge on any atom is -0.492 e. The predicted octanol–water partition coefficient (Wildman–Crippen LogP) is 2.71. The summed E-state index contributed by atoms with van der Waals surface area (Å²) in [5.74, 6) is 3.60. The predicted molar refractivity (Wildman–Crippen MR) is 149 cm³/mol. The van der Waals surface area contributed by atoms with E-state index in [0.717, 1.165) is 37.9 Å². The van der Waals surface area contributed by atoms with Gasteiger partial charge in [0, 0.05) is 24.2 Å². The highest BCUT2D eigenvalue weighted by Crippen LogP contribution is 2.57. The van der Waals surface area contributed by atoms with Crippen molar-refractivity contribution in [3.05, 3.63) is 11.8 Å². The standard InChI is InChI=1S/C23H43N5O2.C6H14/c1-11-6-13-14(23(29)22(11)28-3)7-15-18(26)9-19(27-2)16(21(13)15)8-20-17(25)5-4-12(10-24)30-20;1-3-5-6-4-2/h4,11,13-23,27-29H,5-10,24-26H2,1-3H3;3-6H2,1-2H3. The normalized spacial score (nSPS) is 44.0. The van der Waals surface area contributed by atoms with Crippen LogP contribution in [-0.4, -0.2) is 62.1 Å². The quantitative estimate of drug-likeness (QED) is 0.278. The number of unbranched alkanes of at least 4 members (excludes halogenated alkanes) is 3. The van der Waals surface area contributed by atoms with Gasteiger partial charge in [-0.2, -0.15) is 0 Å². The summed E-state index contributed by atoms with van der Waals surface area (Å²) in [7, 11) is 4.03. The first-order valence-corrected chi connectivity index (χ1v) is 14.9. The van der Waals surface area contributed by atoms with Crippen LogP contribution >= 0.6 is 0 Å². The van der Waals surface area contributed by atoms with E-state index in [9.17, 15) is 5.11 Å². The van der Waals surface area contributed by atoms with Crippen molar-refractivity contribution in [2.75, 3.05) is 20.6 Å². The lowest BCUT2D eigenvalue weighted by atomic mass is 9.61. The zero-order chi connectivity index (χ0) is 26.4. The fourth-order valence-corrected chi connectivity index (χ4v) is 8.14. The van der Waals surface area contributed by atoms with Crippen LogP contribution in [0.25, 0.3) is 0 Å². The lowest BCUT2D eigenvalue weighted by molar-refractivity contribution is -0.0348. The second-order valence-corrected chi connectivity index (χ2v) is 12.2. The van der Waals surface area contributed by atoms with E-state index in [0.29, 0.717) is 48.1 Å². The third kappa shape index (κ3) is 6.47. The minimum atomic E-state index is -0.296. The molecule has 0 aromatic heterocycles. The number of nitrogens with two attached hydrogens (primary N) is 3. The van der Waals surface area contributed by atoms with E-state index in [1.165, 1.54) is 25.7 Å². The number of rotatable bonds is 8. The second-order valence-electron chi connectivity index (χ2n) is 12.2. The van der Waals surface area contributed by atoms with Gasteiger partial charge in [0.05, 0.1) is 12.6 Å². The molecular formula is C29H57N5O2. The summed E-state index contributed by atoms with van der Waals surface area (Å²) in [6.07, 6.45) is 12.2. The number of aliphatic hydroxyl groups excluding tert-OH is 1. The molecule has 0 bridgehead atoms. The molecule has 1 aliphatic heterocycles. The summed E-state index contributed by atoms with van der Waals surface area (Å²) in [6.45, 7) is 7.17. The van der Waals surface area contributed by atoms with Crippen LogP contribution in [0.4, 0.5) is 0 Å². The van der Waals surface area contributed by atoms with E-state index in [-0.39, 0.29) is 30.3 Å². The molecule has 7 nitrogen and oxygen atoms in total. The molecule has 0 spiro atoms. The number of hydrogen-bond donors (Lipinski definition) is 6. The Morgan fingerprint density at radius 2 is 1.67 bits per heavy atom. The van der Waals surface area contributed by atoms with Crippen molar-refractivity contribution >= 4 is 0 Å². The van der Waals surface area contributed by atoms with Crippen molar-refractivity contribution in [2.45, 2.75) is 115 Å². The highest BCUT2D eigenvalue weighted by molar-refractivity contribution is 5.11. The van der Waals surface area contributed by atoms with Gasteiger partial charge in [-0.3, -0.25) is 0 Å². The highest BCUT2D eigenvalue weighted by atomic mass is 16.5. The largest absolute Gasteiger partial charge is 0.492 e. The SMILES string of the molecule is CCCCCC.CNC1CC(N)C2CC3C(O)C(NC)C(C)CC3C2C1CC1OC(CN)=CCC1N. The molecule has 12 atom stereocenters. The summed E-state index contributed by atoms with van der Waals surface area (Å²) in [6, 6.07) is 0.727. The average molecular weight is 508 g/mol. The third-order valence-corrected chi connectivity index (χ3v) is 10.00. The Bertz CT molecular complexity index is 687. The van der Waals surface area contributed by atoms with Gasteiger partial charge in [-0.25, -0.2) is 0 Å². The van der Waals surface area contributed by atoms with Gasteiger partial charge in [-0.15, -0.1) is 0 Å². The molecule has 0 saturated heterocycles. The topological polar surface area (TPSA) is 132 Å². The summed E-state index contributed by atoms with van der Waals surface area (Å²) in [5.41, 5.74) is 19.1. The van der Waals surface area contributed by atoms with Crippen LogP contribution < -0.4 is 27.8 Å². The number of fused-ring (bicyclic) bond motifs is 3. The number of aliphatic hydroxyl groups is 1. The van der Waals surface area contributed by atoms with Gasteiger partial charge in [-0.1, -0.05) is 46.5 Å². The molecule has 3 aliphatic carbocycles. The fourth-order valence-electron chi connectivity index (χ4n) is 8.14. The zero-order valence-electron chi connectivity index (χ0n) is 23.7. The molecule has 0 amide bonds. The molecule has 0 aromatic carbocycles. The molecule has 0 radical (unpaired) electrons. The van der Waals surface area contributed by atoms with Gasteiger partial charge in [0.25, 0.3) is 0 Å². The van der Waals surface area contributed by atoms with Gasteiger partial charge in [-0.05, 0) is 87.8 Å². The second kappa shape index (κ2) is 13.9. The van der Waals surface area contributed by atoms with Crippen LogP contribution in [0.3, 0.4) is 0 Å². The Kier molecular flexibility index (Phi) is 11.5. The summed E-state index contributed by atoms with van der Waals surface area (Å²) in [5, 5.41) is 18.1. The van der Waals surface area contributed by atoms with Gasteiger partial charge in [0.15, 0.2) is 0 Å². The lowest BCUT2D eigenvalue weighted by Crippen LogP contribution is -2.56. The van der Waals surface area contributed by atoms with E-state index in [1.54, 1.807) is 0 Å². The summed E-state index contributed by atoms with van der Waals surface area (Å²) < 4.78 is 6.22. The third-order valence-electron chi connectivity index (χ3n) is 10.00. The molecule has 7 heteroatoms. The lowest BCUT2D eigenvalue weighted by Gasteiger charge is -2.49. The van der Waals surface area contributed by atoms with Crippen LogP contribution in [0.1, 0.15) is 78.6 Å². The molecule has 4 rings (SSSR count). The first-order valence-electron chi connectivity index (χ1n) is 14.9. The van der Waals surface area contributed by atoms with Gasteiger partial charge in [0.1, 0.15) is 11.9 Å². The fraction of sp³-hybridized carbons (Fsp3) is 0.931. The Balaban J connectivity index is 0.000000538. The van der Waals surface area contributed by atoms with Crippen molar-refractivity contribution in [3.8, 4) is 0 Å². The Morgan fingerprint density at radius 3 is 2.25 bits per heavy atom. The molecule has 210 valence electrons. The number of likely N-dealkylation sites (N-methyl/N-ethyl adjacent to an activating group) is 1. The van der Waals surface area contributed by atoms with Crippen LogP contribution in [0.5, 0.6) is 0 Å². The molecule has 0 aromatic rings. The summed E-state index contributed by atoms with van der Waals surface area (Å²) in [4.78, 5) is 0. The molecule has 3 fully saturated rings. The average Bonchev–Trinajstić information content (AvgIpc) is 3.26. The van der Waals surface area contributed by atoms with Crippen molar-refractivity contribution in [1.29, 1.82) is 0 Å². The number of hydrogen-bond acceptors (Lipinski definition) is 7. The van der Waals surface area contributed by atoms with Gasteiger partial charge >= 0.3 is 0 Å². The molecule has 1 heterocycles. The van der Waals surface area contributed by atoms with Crippen molar-refractivity contribution in [3.63, 3.8) is 0 Å². The number of nitrogens with one attached hydrogen (secondary N) is 2. The van der Waals surface area contributed by atoms with E-state index in [1.807, 2.05) is 13.1 Å². The Hall–Kier alpha value is -0.700. The zero-order valence-corrected chi connectivity index (χ0v) is 23.7. The molecule has 4 aliphatic rings. The van der Waals surface area contributed by atoms with Crippen LogP contribution in [0.2, 0.25) is 0 Å². The highest BCUT2D eigenvalue weighted by Gasteiger charge is 2.58. The molecule has 9 N–H and O–H groups in total. The van der Waals surface area contributed by atoms with E-state index < -0.39 is 0 Å². The van der Waals surface area contributed by atoms with Crippen molar-refractivity contribution < 1.29 is 9.84 Å². The maximum atomic E-state index is 11.2. The van der Waals surface area contributed by atoms with Crippen LogP contribution in [0, 0.1) is 35.5 Å². The van der Waals surface area contributed by atoms with Gasteiger partial charge in [0.2, 0.25) is 0 Å². The van der Waals surface area contributed by atoms with Crippen molar-refractivity contribution in [2.24, 2.45) is 52.7 Å². The Morgan fingerprint density at radius 1 is 0.972 bits per heavy atom. The molecule has 36 heavy (non-hydrogen) atoms. The molecule has 3 saturated carbocycles. The first kappa shape index (κ1) is 29.9. The smallest absolute Gasteiger partial charge is 0.114 e. The summed E-state index contributed by atoms with van der Waals surface area (Å²) >= 11 is 0. The van der Waals surface area contributed by atoms with Crippen LogP contribution in [-0.2, 0) is 4.74 Å². The van der Waals surface area contributed by atoms with E-state index >= 15 is 0 Å². The molecular weight excluding hydrogens is 450 g/mol. The van der Waals surface area contributed by atoms with E-state index in [4.69, 9.17) is 21.9 Å². The maximum absolute atomic E-state index is 11.2. The van der Waals surface area contributed by atoms with Crippen LogP contribution in [0.15, 0.2) is 11.8 Å². The maximum Gasteiger partial charge on any atom is 0.114 e. The number of ether oxygens (including phenoxy) is 1. The monoisotopic (exact) mass is 507 g/mol.